The van der Waals surface area contributed by atoms with Crippen LogP contribution in [-0.2, 0) is 11.3 Å². The first kappa shape index (κ1) is 20.5. The van der Waals surface area contributed by atoms with E-state index in [1.54, 1.807) is 0 Å². The van der Waals surface area contributed by atoms with Crippen LogP contribution in [0.2, 0.25) is 0 Å². The van der Waals surface area contributed by atoms with Gasteiger partial charge in [0.05, 0.1) is 11.6 Å². The van der Waals surface area contributed by atoms with Crippen molar-refractivity contribution in [2.75, 3.05) is 23.8 Å². The number of benzene rings is 2. The number of hydrogen-bond acceptors (Lipinski definition) is 7. The van der Waals surface area contributed by atoms with Gasteiger partial charge in [-0.15, -0.1) is 0 Å². The minimum Gasteiger partial charge on any atom is -0.486 e. The Kier molecular flexibility index (Phi) is 5.14. The molecule has 2 atom stereocenters. The van der Waals surface area contributed by atoms with Crippen LogP contribution in [0, 0.1) is 23.1 Å². The number of rotatable bonds is 4. The molecule has 2 aliphatic heterocycles. The number of nitrogens with one attached hydrogen (secondary N) is 3. The zero-order valence-corrected chi connectivity index (χ0v) is 17.2. The molecule has 3 heterocycles. The molecule has 166 valence electrons. The minimum atomic E-state index is -1.15. The van der Waals surface area contributed by atoms with Gasteiger partial charge in [-0.25, -0.2) is 4.39 Å². The summed E-state index contributed by atoms with van der Waals surface area (Å²) >= 11 is 0. The molecule has 0 saturated heterocycles. The number of carbonyl (C=O) groups is 1. The van der Waals surface area contributed by atoms with Gasteiger partial charge in [-0.05, 0) is 35.4 Å². The zero-order valence-electron chi connectivity index (χ0n) is 17.2. The van der Waals surface area contributed by atoms with Crippen LogP contribution in [0.3, 0.4) is 0 Å². The number of fused-ring (bicyclic) bond motifs is 2. The Balaban J connectivity index is 1.45. The number of halogens is 1. The summed E-state index contributed by atoms with van der Waals surface area (Å²) in [5.74, 6) is -1.52. The van der Waals surface area contributed by atoms with E-state index >= 15 is 0 Å². The first-order valence-corrected chi connectivity index (χ1v) is 10.3. The molecule has 2 unspecified atom stereocenters. The van der Waals surface area contributed by atoms with E-state index in [9.17, 15) is 19.2 Å². The highest BCUT2D eigenvalue weighted by molar-refractivity contribution is 5.97. The highest BCUT2D eigenvalue weighted by Gasteiger charge is 2.40. The summed E-state index contributed by atoms with van der Waals surface area (Å²) in [4.78, 5) is 32.6. The monoisotopic (exact) mass is 447 g/mol. The normalized spacial score (nSPS) is 18.6. The van der Waals surface area contributed by atoms with Gasteiger partial charge in [0.15, 0.2) is 11.5 Å². The van der Waals surface area contributed by atoms with Gasteiger partial charge in [-0.2, -0.15) is 10.2 Å². The third-order valence-electron chi connectivity index (χ3n) is 5.56. The molecule has 3 N–H and O–H groups in total. The van der Waals surface area contributed by atoms with Gasteiger partial charge in [-0.1, -0.05) is 18.2 Å². The molecule has 0 spiro atoms. The van der Waals surface area contributed by atoms with Crippen molar-refractivity contribution in [3.05, 3.63) is 75.3 Å². The Bertz CT molecular complexity index is 1330. The first-order valence-electron chi connectivity index (χ1n) is 10.3. The quantitative estimate of drug-likeness (QED) is 0.560. The van der Waals surface area contributed by atoms with Crippen LogP contribution >= 0.6 is 0 Å². The van der Waals surface area contributed by atoms with Gasteiger partial charge >= 0.3 is 0 Å². The van der Waals surface area contributed by atoms with E-state index in [0.29, 0.717) is 36.8 Å². The molecular weight excluding hydrogens is 429 g/mol. The van der Waals surface area contributed by atoms with Crippen LogP contribution in [0.25, 0.3) is 0 Å². The van der Waals surface area contributed by atoms with Crippen LogP contribution in [0.1, 0.15) is 22.6 Å². The van der Waals surface area contributed by atoms with Gasteiger partial charge in [0.1, 0.15) is 30.8 Å². The number of hydrogen-bond donors (Lipinski definition) is 3. The molecular formula is C23H18FN5O4. The molecule has 0 fully saturated rings. The number of nitrogens with zero attached hydrogens (tertiary/aromatic N) is 2. The highest BCUT2D eigenvalue weighted by atomic mass is 19.1. The molecule has 9 nitrogen and oxygen atoms in total. The molecule has 1 aromatic heterocycles. The molecule has 33 heavy (non-hydrogen) atoms. The number of aromatic amines is 1. The predicted octanol–water partition coefficient (Wildman–Crippen LogP) is 2.52. The lowest BCUT2D eigenvalue weighted by Crippen LogP contribution is -2.38. The molecule has 0 radical (unpaired) electrons. The first-order chi connectivity index (χ1) is 16.0. The van der Waals surface area contributed by atoms with Crippen LogP contribution in [0.4, 0.5) is 16.2 Å². The van der Waals surface area contributed by atoms with Gasteiger partial charge < -0.3 is 20.1 Å². The maximum Gasteiger partial charge on any atom is 0.258 e. The van der Waals surface area contributed by atoms with Crippen molar-refractivity contribution in [3.63, 3.8) is 0 Å². The number of carbonyl (C=O) groups excluding carboxylic acids is 1. The lowest BCUT2D eigenvalue weighted by molar-refractivity contribution is -0.119. The molecule has 1 amide bonds. The maximum atomic E-state index is 13.4. The number of anilines is 2. The van der Waals surface area contributed by atoms with E-state index in [1.807, 2.05) is 24.3 Å². The number of aromatic nitrogens is 2. The Labute approximate surface area is 187 Å². The molecule has 10 heteroatoms. The van der Waals surface area contributed by atoms with Crippen molar-refractivity contribution in [1.82, 2.24) is 9.97 Å². The number of ether oxygens (including phenoxy) is 2. The van der Waals surface area contributed by atoms with E-state index in [1.165, 1.54) is 24.3 Å². The standard InChI is InChI=1S/C23H18FN5O4/c24-14-4-2-13(3-5-14)18-15(10-25)21(30)27-20-19(18)22(31)29-23(28-20)26-11-12-1-6-16-17(9-12)33-8-7-32-16/h1-6,9,15,18H,7-8,11H2,(H3,26,27,28,29,30,31). The topological polar surface area (TPSA) is 129 Å². The molecule has 0 aliphatic carbocycles. The summed E-state index contributed by atoms with van der Waals surface area (Å²) in [6, 6.07) is 12.8. The summed E-state index contributed by atoms with van der Waals surface area (Å²) in [7, 11) is 0. The van der Waals surface area contributed by atoms with Crippen LogP contribution in [0.5, 0.6) is 11.5 Å². The van der Waals surface area contributed by atoms with Crippen molar-refractivity contribution in [1.29, 1.82) is 5.26 Å². The average molecular weight is 447 g/mol. The van der Waals surface area contributed by atoms with Crippen molar-refractivity contribution in [3.8, 4) is 17.6 Å². The summed E-state index contributed by atoms with van der Waals surface area (Å²) < 4.78 is 24.5. The van der Waals surface area contributed by atoms with Crippen molar-refractivity contribution >= 4 is 17.7 Å². The smallest absolute Gasteiger partial charge is 0.258 e. The third kappa shape index (κ3) is 3.85. The number of H-pyrrole nitrogens is 1. The highest BCUT2D eigenvalue weighted by Crippen LogP contribution is 2.38. The summed E-state index contributed by atoms with van der Waals surface area (Å²) in [5.41, 5.74) is 0.998. The molecule has 2 aromatic carbocycles. The maximum absolute atomic E-state index is 13.4. The second-order valence-corrected chi connectivity index (χ2v) is 7.63. The van der Waals surface area contributed by atoms with E-state index in [0.717, 1.165) is 5.56 Å². The van der Waals surface area contributed by atoms with E-state index in [4.69, 9.17) is 9.47 Å². The van der Waals surface area contributed by atoms with Crippen molar-refractivity contribution < 1.29 is 18.7 Å². The zero-order chi connectivity index (χ0) is 22.9. The fourth-order valence-corrected chi connectivity index (χ4v) is 4.01. The molecule has 0 bridgehead atoms. The Hall–Kier alpha value is -4.39. The van der Waals surface area contributed by atoms with E-state index in [-0.39, 0.29) is 17.3 Å². The SMILES string of the molecule is N#CC1C(=O)Nc2nc(NCc3ccc4c(c3)OCCO4)[nH]c(=O)c2C1c1ccc(F)cc1. The average Bonchev–Trinajstić information content (AvgIpc) is 2.82. The third-order valence-corrected chi connectivity index (χ3v) is 5.56. The lowest BCUT2D eigenvalue weighted by Gasteiger charge is -2.28. The fourth-order valence-electron chi connectivity index (χ4n) is 4.01. The van der Waals surface area contributed by atoms with Gasteiger partial charge in [0.2, 0.25) is 11.9 Å². The predicted molar refractivity (Wildman–Crippen MR) is 116 cm³/mol. The van der Waals surface area contributed by atoms with Crippen LogP contribution in [0.15, 0.2) is 47.3 Å². The Morgan fingerprint density at radius 2 is 1.88 bits per heavy atom. The van der Waals surface area contributed by atoms with Crippen LogP contribution in [-0.4, -0.2) is 29.1 Å². The molecule has 2 aliphatic rings. The summed E-state index contributed by atoms with van der Waals surface area (Å²) in [5, 5.41) is 15.1. The lowest BCUT2D eigenvalue weighted by atomic mass is 9.79. The van der Waals surface area contributed by atoms with Crippen molar-refractivity contribution in [2.24, 2.45) is 5.92 Å². The van der Waals surface area contributed by atoms with Crippen molar-refractivity contribution in [2.45, 2.75) is 12.5 Å². The van der Waals surface area contributed by atoms with Gasteiger partial charge in [0, 0.05) is 12.5 Å². The number of nitriles is 1. The van der Waals surface area contributed by atoms with Gasteiger partial charge in [0.25, 0.3) is 5.56 Å². The molecule has 0 saturated carbocycles. The molecule has 3 aromatic rings. The number of amides is 1. The fraction of sp³-hybridized carbons (Fsp3) is 0.217. The summed E-state index contributed by atoms with van der Waals surface area (Å²) in [6.07, 6.45) is 0. The largest absolute Gasteiger partial charge is 0.486 e. The Morgan fingerprint density at radius 3 is 2.64 bits per heavy atom. The van der Waals surface area contributed by atoms with E-state index in [2.05, 4.69) is 20.6 Å². The second-order valence-electron chi connectivity index (χ2n) is 7.63. The summed E-state index contributed by atoms with van der Waals surface area (Å²) in [6.45, 7) is 1.30. The molecule has 5 rings (SSSR count). The van der Waals surface area contributed by atoms with Crippen LogP contribution < -0.4 is 25.7 Å². The minimum absolute atomic E-state index is 0.0641. The van der Waals surface area contributed by atoms with Gasteiger partial charge in [-0.3, -0.25) is 14.6 Å². The second kappa shape index (κ2) is 8.27. The van der Waals surface area contributed by atoms with E-state index < -0.39 is 29.1 Å². The Morgan fingerprint density at radius 1 is 1.12 bits per heavy atom.